The van der Waals surface area contributed by atoms with Gasteiger partial charge >= 0.3 is 0 Å². The highest BCUT2D eigenvalue weighted by molar-refractivity contribution is 6.05. The Balaban J connectivity index is 1.67. The number of hydrogen-bond acceptors (Lipinski definition) is 6. The molecule has 0 saturated heterocycles. The summed E-state index contributed by atoms with van der Waals surface area (Å²) in [6, 6.07) is 17.2. The lowest BCUT2D eigenvalue weighted by Gasteiger charge is -2.13. The maximum absolute atomic E-state index is 12.8. The van der Waals surface area contributed by atoms with E-state index in [2.05, 4.69) is 5.32 Å². The van der Waals surface area contributed by atoms with Gasteiger partial charge in [0.25, 0.3) is 0 Å². The summed E-state index contributed by atoms with van der Waals surface area (Å²) in [5.41, 5.74) is 5.84. The van der Waals surface area contributed by atoms with E-state index in [0.717, 1.165) is 39.0 Å². The van der Waals surface area contributed by atoms with E-state index in [0.29, 0.717) is 22.8 Å². The van der Waals surface area contributed by atoms with E-state index < -0.39 is 0 Å². The maximum Gasteiger partial charge on any atom is 0.248 e. The van der Waals surface area contributed by atoms with Gasteiger partial charge in [0.15, 0.2) is 11.5 Å². The maximum atomic E-state index is 12.8. The van der Waals surface area contributed by atoms with Crippen molar-refractivity contribution in [2.75, 3.05) is 45.6 Å². The first-order valence-electron chi connectivity index (χ1n) is 11.4. The quantitative estimate of drug-likeness (QED) is 0.298. The summed E-state index contributed by atoms with van der Waals surface area (Å²) in [6.07, 6.45) is 3.28. The van der Waals surface area contributed by atoms with Crippen molar-refractivity contribution in [2.45, 2.75) is 6.92 Å². The number of furan rings is 1. The summed E-state index contributed by atoms with van der Waals surface area (Å²) >= 11 is 0. The highest BCUT2D eigenvalue weighted by Gasteiger charge is 2.16. The second-order valence-corrected chi connectivity index (χ2v) is 8.53. The van der Waals surface area contributed by atoms with Crippen LogP contribution < -0.4 is 24.4 Å². The van der Waals surface area contributed by atoms with E-state index in [1.165, 1.54) is 0 Å². The number of rotatable bonds is 8. The van der Waals surface area contributed by atoms with Gasteiger partial charge in [-0.2, -0.15) is 0 Å². The molecule has 0 aliphatic rings. The zero-order valence-electron chi connectivity index (χ0n) is 21.3. The summed E-state index contributed by atoms with van der Waals surface area (Å²) in [5, 5.41) is 3.81. The fourth-order valence-corrected chi connectivity index (χ4v) is 4.06. The van der Waals surface area contributed by atoms with Crippen molar-refractivity contribution >= 4 is 33.8 Å². The molecule has 0 aliphatic carbocycles. The average molecular weight is 487 g/mol. The van der Waals surface area contributed by atoms with Crippen LogP contribution in [0.15, 0.2) is 71.4 Å². The number of allylic oxidation sites excluding steroid dienone is 1. The zero-order chi connectivity index (χ0) is 25.8. The van der Waals surface area contributed by atoms with E-state index >= 15 is 0 Å². The van der Waals surface area contributed by atoms with E-state index in [1.807, 2.05) is 80.5 Å². The molecule has 0 spiro atoms. The molecule has 1 aromatic heterocycles. The van der Waals surface area contributed by atoms with Crippen LogP contribution in [0, 0.1) is 0 Å². The Morgan fingerprint density at radius 1 is 0.889 bits per heavy atom. The number of nitrogens with one attached hydrogen (secondary N) is 1. The van der Waals surface area contributed by atoms with Gasteiger partial charge in [-0.3, -0.25) is 4.79 Å². The van der Waals surface area contributed by atoms with Crippen LogP contribution in [0.25, 0.3) is 27.7 Å². The molecule has 1 heterocycles. The number of fused-ring (bicyclic) bond motifs is 1. The number of carbonyl (C=O) groups is 1. The van der Waals surface area contributed by atoms with Crippen molar-refractivity contribution in [3.05, 3.63) is 72.5 Å². The van der Waals surface area contributed by atoms with Crippen LogP contribution in [0.2, 0.25) is 0 Å². The van der Waals surface area contributed by atoms with Crippen molar-refractivity contribution in [2.24, 2.45) is 0 Å². The Hall–Kier alpha value is -4.39. The van der Waals surface area contributed by atoms with Crippen LogP contribution in [-0.4, -0.2) is 41.3 Å². The highest BCUT2D eigenvalue weighted by atomic mass is 16.5. The molecule has 0 unspecified atom stereocenters. The number of carbonyl (C=O) groups excluding carboxylic acids is 1. The lowest BCUT2D eigenvalue weighted by molar-refractivity contribution is -0.111. The standard InChI is InChI=1S/C29H30N2O5/c1-18(13-29(32)30-20-8-10-21(11-9-20)31(2)3)22-15-23-24(17-36-27(23)16-26(22)34-5)19-7-12-25(33-4)28(14-19)35-6/h7-17H,1-6H3,(H,30,32)/b18-13+. The van der Waals surface area contributed by atoms with Gasteiger partial charge in [0.1, 0.15) is 11.3 Å². The van der Waals surface area contributed by atoms with Gasteiger partial charge in [0.05, 0.1) is 27.6 Å². The van der Waals surface area contributed by atoms with E-state index in [1.54, 1.807) is 33.7 Å². The normalized spacial score (nSPS) is 11.3. The molecule has 36 heavy (non-hydrogen) atoms. The van der Waals surface area contributed by atoms with Crippen molar-refractivity contribution in [1.29, 1.82) is 0 Å². The van der Waals surface area contributed by atoms with Crippen LogP contribution in [0.5, 0.6) is 17.2 Å². The van der Waals surface area contributed by atoms with Gasteiger partial charge in [0, 0.05) is 54.1 Å². The molecule has 0 aliphatic heterocycles. The minimum absolute atomic E-state index is 0.223. The molecule has 4 rings (SSSR count). The molecule has 0 bridgehead atoms. The first kappa shape index (κ1) is 24.7. The molecule has 186 valence electrons. The Bertz CT molecular complexity index is 1420. The monoisotopic (exact) mass is 486 g/mol. The van der Waals surface area contributed by atoms with Crippen molar-refractivity contribution in [3.63, 3.8) is 0 Å². The van der Waals surface area contributed by atoms with Gasteiger partial charge in [-0.05, 0) is 60.5 Å². The molecule has 7 nitrogen and oxygen atoms in total. The van der Waals surface area contributed by atoms with Crippen molar-refractivity contribution < 1.29 is 23.4 Å². The fourth-order valence-electron chi connectivity index (χ4n) is 4.06. The van der Waals surface area contributed by atoms with E-state index in [4.69, 9.17) is 18.6 Å². The first-order chi connectivity index (χ1) is 17.3. The Morgan fingerprint density at radius 3 is 2.22 bits per heavy atom. The molecule has 1 N–H and O–H groups in total. The summed E-state index contributed by atoms with van der Waals surface area (Å²) in [5.74, 6) is 1.68. The smallest absolute Gasteiger partial charge is 0.248 e. The second kappa shape index (κ2) is 10.5. The minimum Gasteiger partial charge on any atom is -0.496 e. The summed E-state index contributed by atoms with van der Waals surface area (Å²) < 4.78 is 22.3. The predicted molar refractivity (Wildman–Crippen MR) is 144 cm³/mol. The lowest BCUT2D eigenvalue weighted by atomic mass is 9.99. The highest BCUT2D eigenvalue weighted by Crippen LogP contribution is 2.39. The molecule has 0 saturated carbocycles. The van der Waals surface area contributed by atoms with Crippen LogP contribution in [0.4, 0.5) is 11.4 Å². The number of ether oxygens (including phenoxy) is 3. The SMILES string of the molecule is COc1ccc(-c2coc3cc(OC)c(/C(C)=C/C(=O)Nc4ccc(N(C)C)cc4)cc23)cc1OC. The Morgan fingerprint density at radius 2 is 1.58 bits per heavy atom. The number of benzene rings is 3. The number of anilines is 2. The first-order valence-corrected chi connectivity index (χ1v) is 11.4. The van der Waals surface area contributed by atoms with Crippen molar-refractivity contribution in [3.8, 4) is 28.4 Å². The molecule has 4 aromatic rings. The third kappa shape index (κ3) is 5.00. The average Bonchev–Trinajstić information content (AvgIpc) is 3.30. The number of methoxy groups -OCH3 is 3. The third-order valence-electron chi connectivity index (χ3n) is 6.01. The molecule has 7 heteroatoms. The Kier molecular flexibility index (Phi) is 7.20. The molecular formula is C29H30N2O5. The topological polar surface area (TPSA) is 73.2 Å². The van der Waals surface area contributed by atoms with Crippen molar-refractivity contribution in [1.82, 2.24) is 0 Å². The van der Waals surface area contributed by atoms with E-state index in [-0.39, 0.29) is 5.91 Å². The van der Waals surface area contributed by atoms with Crippen LogP contribution in [0.3, 0.4) is 0 Å². The zero-order valence-corrected chi connectivity index (χ0v) is 21.3. The second-order valence-electron chi connectivity index (χ2n) is 8.53. The summed E-state index contributed by atoms with van der Waals surface area (Å²) in [6.45, 7) is 1.88. The van der Waals surface area contributed by atoms with Gasteiger partial charge in [-0.15, -0.1) is 0 Å². The number of hydrogen-bond donors (Lipinski definition) is 1. The molecule has 0 radical (unpaired) electrons. The third-order valence-corrected chi connectivity index (χ3v) is 6.01. The van der Waals surface area contributed by atoms with Gasteiger partial charge < -0.3 is 28.8 Å². The Labute approximate surface area is 210 Å². The van der Waals surface area contributed by atoms with Crippen LogP contribution in [0.1, 0.15) is 12.5 Å². The minimum atomic E-state index is -0.223. The molecule has 3 aromatic carbocycles. The number of amides is 1. The van der Waals surface area contributed by atoms with Crippen LogP contribution >= 0.6 is 0 Å². The number of nitrogens with zero attached hydrogens (tertiary/aromatic N) is 1. The van der Waals surface area contributed by atoms with Gasteiger partial charge in [-0.25, -0.2) is 0 Å². The largest absolute Gasteiger partial charge is 0.496 e. The van der Waals surface area contributed by atoms with Gasteiger partial charge in [0.2, 0.25) is 5.91 Å². The van der Waals surface area contributed by atoms with Crippen LogP contribution in [-0.2, 0) is 4.79 Å². The predicted octanol–water partition coefficient (Wildman–Crippen LogP) is 6.23. The van der Waals surface area contributed by atoms with E-state index in [9.17, 15) is 4.79 Å². The molecular weight excluding hydrogens is 456 g/mol. The lowest BCUT2D eigenvalue weighted by Crippen LogP contribution is -2.10. The molecule has 0 fully saturated rings. The summed E-state index contributed by atoms with van der Waals surface area (Å²) in [4.78, 5) is 14.8. The summed E-state index contributed by atoms with van der Waals surface area (Å²) in [7, 11) is 8.75. The molecule has 0 atom stereocenters. The molecule has 1 amide bonds. The van der Waals surface area contributed by atoms with Gasteiger partial charge in [-0.1, -0.05) is 6.07 Å². The fraction of sp³-hybridized carbons (Fsp3) is 0.207.